The molecule has 0 aromatic heterocycles. The molecule has 0 spiro atoms. The van der Waals surface area contributed by atoms with Gasteiger partial charge in [-0.15, -0.1) is 0 Å². The number of allylic oxidation sites excluding steroid dienone is 1. The number of nitrogens with zero attached hydrogens (tertiary/aromatic N) is 5. The van der Waals surface area contributed by atoms with Crippen molar-refractivity contribution in [2.24, 2.45) is 5.41 Å². The molecule has 5 aliphatic heterocycles. The van der Waals surface area contributed by atoms with Crippen LogP contribution >= 0.6 is 0 Å². The van der Waals surface area contributed by atoms with Gasteiger partial charge in [0.2, 0.25) is 0 Å². The highest BCUT2D eigenvalue weighted by Gasteiger charge is 2.60. The predicted molar refractivity (Wildman–Crippen MR) is 629 cm³/mol. The maximum atomic E-state index is 2.81. The van der Waals surface area contributed by atoms with E-state index in [-0.39, 0.29) is 83.9 Å². The molecule has 14 aromatic carbocycles. The smallest absolute Gasteiger partial charge is 0.252 e. The lowest BCUT2D eigenvalue weighted by Crippen LogP contribution is -2.61. The number of rotatable bonds is 13. The Morgan fingerprint density at radius 3 is 1.02 bits per heavy atom. The molecule has 5 heterocycles. The van der Waals surface area contributed by atoms with Crippen LogP contribution in [0.25, 0.3) is 33.9 Å². The first-order chi connectivity index (χ1) is 68.2. The van der Waals surface area contributed by atoms with E-state index in [0.29, 0.717) is 0 Å². The predicted octanol–water partition coefficient (Wildman–Crippen LogP) is 34.4. The molecule has 4 atom stereocenters. The zero-order valence-electron chi connectivity index (χ0n) is 92.7. The van der Waals surface area contributed by atoms with Gasteiger partial charge in [0.05, 0.1) is 5.54 Å². The lowest BCUT2D eigenvalue weighted by molar-refractivity contribution is 0.165. The first-order valence-corrected chi connectivity index (χ1v) is 54.8. The van der Waals surface area contributed by atoms with E-state index in [1.165, 1.54) is 238 Å². The van der Waals surface area contributed by atoms with Gasteiger partial charge in [0.1, 0.15) is 0 Å². The highest BCUT2D eigenvalue weighted by molar-refractivity contribution is 7.01. The Bertz CT molecular complexity index is 7530. The summed E-state index contributed by atoms with van der Waals surface area (Å²) in [5, 5.41) is 0. The summed E-state index contributed by atoms with van der Waals surface area (Å²) in [6.07, 6.45) is 14.1. The first-order valence-electron chi connectivity index (χ1n) is 54.8. The fourth-order valence-electron chi connectivity index (χ4n) is 27.0. The normalized spacial score (nSPS) is 19.9. The highest BCUT2D eigenvalue weighted by atomic mass is 15.3. The lowest BCUT2D eigenvalue weighted by atomic mass is 9.33. The SMILES string of the molecule is CC(C)(C)c1ccc(N2c3ccc(C(C)(C)C)cc3B3c4ccc(/C=C5\c6ccc(-c7ccc(C(C)(C)CCC(C)(C)c8ccc(N9c%10cc(N%11c%12ccc(-c%13ccccc%13)cc%12C%12(C)CCCCC%11%12C)ccc%10B%10c%11cc(C(C)(C)C)ccc%11N(c%11ccc(C(C)(C)C)cc%11)c%11cc(C(C)(C)C)cc9c%11%10)cc8)cc7)cc6C6(C)CCCCC56C)cc4N(c4ccc(C(C)(C)C)cc4)c4cc(C(C)(C)C)cc2c43)cc1. The van der Waals surface area contributed by atoms with Gasteiger partial charge in [0.15, 0.2) is 0 Å². The van der Waals surface area contributed by atoms with Crippen LogP contribution in [-0.4, -0.2) is 19.0 Å². The van der Waals surface area contributed by atoms with Crippen molar-refractivity contribution in [2.75, 3.05) is 24.5 Å². The minimum atomic E-state index is -0.178. The van der Waals surface area contributed by atoms with Gasteiger partial charge < -0.3 is 24.5 Å². The summed E-state index contributed by atoms with van der Waals surface area (Å²) < 4.78 is 0. The summed E-state index contributed by atoms with van der Waals surface area (Å²) >= 11 is 0. The molecule has 0 amide bonds. The molecular formula is C138H155B2N5. The molecular weight excluding hydrogens is 1750 g/mol. The van der Waals surface area contributed by atoms with Crippen molar-refractivity contribution < 1.29 is 0 Å². The Morgan fingerprint density at radius 1 is 0.248 bits per heavy atom. The molecule has 22 rings (SSSR count). The van der Waals surface area contributed by atoms with Crippen molar-refractivity contribution in [3.05, 3.63) is 357 Å². The van der Waals surface area contributed by atoms with Crippen LogP contribution in [0.2, 0.25) is 0 Å². The van der Waals surface area contributed by atoms with Crippen LogP contribution in [0.4, 0.5) is 79.6 Å². The number of benzene rings is 14. The highest BCUT2D eigenvalue weighted by Crippen LogP contribution is 2.67. The summed E-state index contributed by atoms with van der Waals surface area (Å²) in [6, 6.07) is 115. The van der Waals surface area contributed by atoms with Gasteiger partial charge in [-0.1, -0.05) is 389 Å². The van der Waals surface area contributed by atoms with Crippen molar-refractivity contribution >= 4 is 137 Å². The number of hydrogen-bond donors (Lipinski definition) is 0. The molecule has 0 bridgehead atoms. The molecule has 5 nitrogen and oxygen atoms in total. The Balaban J connectivity index is 0.598. The average Bonchev–Trinajstić information content (AvgIpc) is 1.63. The van der Waals surface area contributed by atoms with Crippen LogP contribution in [0.5, 0.6) is 0 Å². The third-order valence-corrected chi connectivity index (χ3v) is 37.0. The molecule has 0 N–H and O–H groups in total. The summed E-state index contributed by atoms with van der Waals surface area (Å²) in [5.41, 5.74) is 48.8. The molecule has 8 aliphatic rings. The van der Waals surface area contributed by atoms with E-state index in [1.807, 2.05) is 0 Å². The first kappa shape index (κ1) is 97.7. The second kappa shape index (κ2) is 33.7. The van der Waals surface area contributed by atoms with Crippen LogP contribution in [0.1, 0.15) is 337 Å². The Labute approximate surface area is 871 Å². The third kappa shape index (κ3) is 16.0. The van der Waals surface area contributed by atoms with Crippen molar-refractivity contribution in [2.45, 2.75) is 330 Å². The molecule has 0 radical (unpaired) electrons. The summed E-state index contributed by atoms with van der Waals surface area (Å²) in [5.74, 6) is 0. The maximum absolute atomic E-state index is 2.81. The van der Waals surface area contributed by atoms with Crippen LogP contribution in [-0.2, 0) is 59.6 Å². The van der Waals surface area contributed by atoms with E-state index in [4.69, 9.17) is 0 Å². The van der Waals surface area contributed by atoms with Crippen LogP contribution < -0.4 is 57.3 Å². The van der Waals surface area contributed by atoms with Crippen molar-refractivity contribution in [3.63, 3.8) is 0 Å². The number of hydrogen-bond acceptors (Lipinski definition) is 5. The molecule has 14 aromatic rings. The Morgan fingerprint density at radius 2 is 0.586 bits per heavy atom. The molecule has 738 valence electrons. The standard InChI is InChI=1S/C138H155B2N5/c1-126(2,3)93-46-56-102(57-47-93)141-116-69-54-98(129(10,11)12)81-113(116)139-111-66-39-88(78-118(111)143(104-60-50-95(51-61-104)128(7,8)9)122-85-100(131(16,17)18)83-120(141)124(122)139)77-108-107-65-42-91(79-109(107)136(27)72-34-33-71-135(108,136)26)90-40-44-96(45-41-90)133(22,23)75-76-134(24,25)97-52-62-105(63-53-97)144-119-87-106(145-115-68-43-92(89-37-31-30-32-38-89)80-110(115)137(28)73-35-36-74-138(137,145)29)64-67-112(119)140-114-82-99(130(13,14)15)55-70-117(114)142(103-58-48-94(49-59-103)127(4,5)6)121-84-101(132(19,20)21)86-123(144)125(121)140/h30-32,37-70,77-87H,33-36,71-76H2,1-29H3/b108-77+. The Hall–Kier alpha value is -12.1. The summed E-state index contributed by atoms with van der Waals surface area (Å²) in [7, 11) is 0. The van der Waals surface area contributed by atoms with E-state index in [2.05, 4.69) is 516 Å². The van der Waals surface area contributed by atoms with Gasteiger partial charge in [-0.2, -0.15) is 0 Å². The fraction of sp³-hybridized carbons (Fsp3) is 0.377. The molecule has 145 heavy (non-hydrogen) atoms. The zero-order chi connectivity index (χ0) is 102. The van der Waals surface area contributed by atoms with E-state index in [9.17, 15) is 0 Å². The van der Waals surface area contributed by atoms with Gasteiger partial charge >= 0.3 is 0 Å². The van der Waals surface area contributed by atoms with Gasteiger partial charge in [0.25, 0.3) is 13.4 Å². The maximum Gasteiger partial charge on any atom is 0.252 e. The van der Waals surface area contributed by atoms with Crippen LogP contribution in [0.3, 0.4) is 0 Å². The average molecular weight is 1910 g/mol. The molecule has 0 saturated heterocycles. The quantitative estimate of drug-likeness (QED) is 0.107. The van der Waals surface area contributed by atoms with Gasteiger partial charge in [-0.3, -0.25) is 0 Å². The lowest BCUT2D eigenvalue weighted by Gasteiger charge is -2.50. The molecule has 2 fully saturated rings. The number of fused-ring (bicyclic) bond motifs is 14. The van der Waals surface area contributed by atoms with E-state index in [1.54, 1.807) is 0 Å². The van der Waals surface area contributed by atoms with Crippen molar-refractivity contribution in [3.8, 4) is 22.3 Å². The zero-order valence-corrected chi connectivity index (χ0v) is 92.7. The Kier molecular flexibility index (Phi) is 22.7. The minimum absolute atomic E-state index is 0.00474. The van der Waals surface area contributed by atoms with Gasteiger partial charge in [-0.05, 0) is 348 Å². The van der Waals surface area contributed by atoms with E-state index in [0.717, 1.165) is 38.5 Å². The monoisotopic (exact) mass is 1900 g/mol. The second-order valence-corrected chi connectivity index (χ2v) is 54.4. The van der Waals surface area contributed by atoms with Crippen molar-refractivity contribution in [1.29, 1.82) is 0 Å². The molecule has 7 heteroatoms. The second-order valence-electron chi connectivity index (χ2n) is 54.4. The van der Waals surface area contributed by atoms with Crippen molar-refractivity contribution in [1.82, 2.24) is 0 Å². The van der Waals surface area contributed by atoms with Gasteiger partial charge in [-0.25, -0.2) is 0 Å². The molecule has 3 aliphatic carbocycles. The van der Waals surface area contributed by atoms with Gasteiger partial charge in [0, 0.05) is 95.9 Å². The molecule has 2 saturated carbocycles. The van der Waals surface area contributed by atoms with E-state index >= 15 is 0 Å². The van der Waals surface area contributed by atoms with E-state index < -0.39 is 0 Å². The van der Waals surface area contributed by atoms with Crippen LogP contribution in [0.15, 0.2) is 285 Å². The largest absolute Gasteiger partial charge is 0.334 e. The number of anilines is 14. The topological polar surface area (TPSA) is 16.2 Å². The summed E-state index contributed by atoms with van der Waals surface area (Å²) in [4.78, 5) is 13.4. The fourth-order valence-corrected chi connectivity index (χ4v) is 27.0. The third-order valence-electron chi connectivity index (χ3n) is 37.0. The summed E-state index contributed by atoms with van der Waals surface area (Å²) in [6.45, 7) is 70.0. The molecule has 4 unspecified atom stereocenters. The minimum Gasteiger partial charge on any atom is -0.334 e. The van der Waals surface area contributed by atoms with Crippen LogP contribution in [0, 0.1) is 5.41 Å².